The lowest BCUT2D eigenvalue weighted by Gasteiger charge is -2.20. The van der Waals surface area contributed by atoms with Crippen LogP contribution >= 0.6 is 0 Å². The van der Waals surface area contributed by atoms with Crippen molar-refractivity contribution in [3.63, 3.8) is 0 Å². The van der Waals surface area contributed by atoms with Crippen molar-refractivity contribution in [3.05, 3.63) is 51.9 Å². The molecule has 1 aromatic carbocycles. The molecule has 1 heterocycles. The van der Waals surface area contributed by atoms with Crippen LogP contribution in [0.15, 0.2) is 35.1 Å². The van der Waals surface area contributed by atoms with E-state index in [0.717, 1.165) is 21.7 Å². The van der Waals surface area contributed by atoms with Crippen molar-refractivity contribution >= 4 is 11.8 Å². The molecule has 21 heavy (non-hydrogen) atoms. The number of aryl methyl sites for hydroxylation is 1. The Labute approximate surface area is 122 Å². The number of aromatic amines is 1. The van der Waals surface area contributed by atoms with E-state index < -0.39 is 11.7 Å². The standard InChI is InChI=1S/C16H18N2O3/c1-4-12-10(2)17-15(19)14(18(3)16(20)21)13(12)11-8-6-5-7-9-11/h5-9H,4H2,1-3H3,(H,17,19)(H,20,21). The van der Waals surface area contributed by atoms with Crippen LogP contribution in [-0.4, -0.2) is 23.2 Å². The van der Waals surface area contributed by atoms with Gasteiger partial charge in [-0.15, -0.1) is 0 Å². The zero-order valence-electron chi connectivity index (χ0n) is 12.3. The molecule has 0 atom stereocenters. The summed E-state index contributed by atoms with van der Waals surface area (Å²) < 4.78 is 0. The van der Waals surface area contributed by atoms with E-state index in [1.165, 1.54) is 7.05 Å². The number of carboxylic acid groups (broad SMARTS) is 1. The Morgan fingerprint density at radius 3 is 2.43 bits per heavy atom. The van der Waals surface area contributed by atoms with Gasteiger partial charge in [-0.3, -0.25) is 9.69 Å². The maximum atomic E-state index is 12.3. The highest BCUT2D eigenvalue weighted by Crippen LogP contribution is 2.32. The summed E-state index contributed by atoms with van der Waals surface area (Å²) in [4.78, 5) is 27.3. The van der Waals surface area contributed by atoms with Gasteiger partial charge in [0.15, 0.2) is 0 Å². The number of carbonyl (C=O) groups is 1. The Morgan fingerprint density at radius 2 is 1.90 bits per heavy atom. The van der Waals surface area contributed by atoms with E-state index in [1.807, 2.05) is 44.2 Å². The Balaban J connectivity index is 2.87. The molecule has 0 bridgehead atoms. The van der Waals surface area contributed by atoms with Crippen LogP contribution in [0.25, 0.3) is 11.1 Å². The Kier molecular flexibility index (Phi) is 4.12. The minimum absolute atomic E-state index is 0.163. The number of pyridine rings is 1. The number of amides is 1. The van der Waals surface area contributed by atoms with Crippen molar-refractivity contribution in [1.82, 2.24) is 4.98 Å². The summed E-state index contributed by atoms with van der Waals surface area (Å²) in [6, 6.07) is 9.39. The summed E-state index contributed by atoms with van der Waals surface area (Å²) in [6.07, 6.45) is -0.462. The molecule has 0 unspecified atom stereocenters. The molecular weight excluding hydrogens is 268 g/mol. The van der Waals surface area contributed by atoms with Gasteiger partial charge in [0.25, 0.3) is 5.56 Å². The van der Waals surface area contributed by atoms with Gasteiger partial charge in [-0.25, -0.2) is 4.79 Å². The van der Waals surface area contributed by atoms with Gasteiger partial charge in [0.1, 0.15) is 5.69 Å². The first kappa shape index (κ1) is 14.8. The summed E-state index contributed by atoms with van der Waals surface area (Å²) in [7, 11) is 1.38. The fourth-order valence-electron chi connectivity index (χ4n) is 2.52. The molecule has 0 fully saturated rings. The quantitative estimate of drug-likeness (QED) is 0.910. The van der Waals surface area contributed by atoms with Gasteiger partial charge in [-0.1, -0.05) is 37.3 Å². The largest absolute Gasteiger partial charge is 0.465 e. The number of aromatic nitrogens is 1. The van der Waals surface area contributed by atoms with Crippen LogP contribution < -0.4 is 10.5 Å². The summed E-state index contributed by atoms with van der Waals surface area (Å²) in [5.41, 5.74) is 3.01. The highest BCUT2D eigenvalue weighted by Gasteiger charge is 2.22. The van der Waals surface area contributed by atoms with E-state index in [0.29, 0.717) is 12.0 Å². The first-order chi connectivity index (χ1) is 9.97. The summed E-state index contributed by atoms with van der Waals surface area (Å²) in [5, 5.41) is 9.24. The van der Waals surface area contributed by atoms with Crippen LogP contribution in [-0.2, 0) is 6.42 Å². The number of hydrogen-bond donors (Lipinski definition) is 2. The minimum Gasteiger partial charge on any atom is -0.465 e. The molecule has 0 spiro atoms. The van der Waals surface area contributed by atoms with Crippen LogP contribution in [0.1, 0.15) is 18.2 Å². The van der Waals surface area contributed by atoms with E-state index in [9.17, 15) is 14.7 Å². The maximum Gasteiger partial charge on any atom is 0.411 e. The minimum atomic E-state index is -1.16. The lowest BCUT2D eigenvalue weighted by molar-refractivity contribution is 0.203. The molecule has 0 aliphatic carbocycles. The molecule has 110 valence electrons. The normalized spacial score (nSPS) is 10.4. The van der Waals surface area contributed by atoms with Crippen molar-refractivity contribution in [3.8, 4) is 11.1 Å². The van der Waals surface area contributed by atoms with Crippen molar-refractivity contribution in [2.75, 3.05) is 11.9 Å². The van der Waals surface area contributed by atoms with E-state index in [1.54, 1.807) is 0 Å². The smallest absolute Gasteiger partial charge is 0.411 e. The second kappa shape index (κ2) is 5.83. The SMILES string of the molecule is CCc1c(C)[nH]c(=O)c(N(C)C(=O)O)c1-c1ccccc1. The zero-order valence-corrected chi connectivity index (χ0v) is 12.3. The Morgan fingerprint density at radius 1 is 1.29 bits per heavy atom. The van der Waals surface area contributed by atoms with Gasteiger partial charge in [-0.05, 0) is 24.5 Å². The van der Waals surface area contributed by atoms with Gasteiger partial charge in [0, 0.05) is 18.3 Å². The van der Waals surface area contributed by atoms with Crippen LogP contribution in [0, 0.1) is 6.92 Å². The Hall–Kier alpha value is -2.56. The zero-order chi connectivity index (χ0) is 15.6. The average molecular weight is 286 g/mol. The Bertz CT molecular complexity index is 720. The number of nitrogens with zero attached hydrogens (tertiary/aromatic N) is 1. The van der Waals surface area contributed by atoms with E-state index >= 15 is 0 Å². The van der Waals surface area contributed by atoms with Gasteiger partial charge < -0.3 is 10.1 Å². The van der Waals surface area contributed by atoms with Gasteiger partial charge in [0.2, 0.25) is 0 Å². The third-order valence-electron chi connectivity index (χ3n) is 3.55. The molecule has 1 amide bonds. The molecule has 5 heteroatoms. The molecule has 2 aromatic rings. The number of rotatable bonds is 3. The molecule has 5 nitrogen and oxygen atoms in total. The van der Waals surface area contributed by atoms with Crippen LogP contribution in [0.3, 0.4) is 0 Å². The molecule has 0 aliphatic rings. The average Bonchev–Trinajstić information content (AvgIpc) is 2.46. The predicted octanol–water partition coefficient (Wildman–Crippen LogP) is 3.03. The summed E-state index contributed by atoms with van der Waals surface area (Å²) >= 11 is 0. The van der Waals surface area contributed by atoms with Crippen LogP contribution in [0.5, 0.6) is 0 Å². The highest BCUT2D eigenvalue weighted by atomic mass is 16.4. The number of benzene rings is 1. The van der Waals surface area contributed by atoms with Crippen molar-refractivity contribution < 1.29 is 9.90 Å². The molecule has 0 saturated heterocycles. The monoisotopic (exact) mass is 286 g/mol. The summed E-state index contributed by atoms with van der Waals surface area (Å²) in [6.45, 7) is 3.81. The molecular formula is C16H18N2O3. The van der Waals surface area contributed by atoms with Crippen molar-refractivity contribution in [2.45, 2.75) is 20.3 Å². The van der Waals surface area contributed by atoms with E-state index in [2.05, 4.69) is 4.98 Å². The molecule has 2 N–H and O–H groups in total. The molecule has 0 saturated carbocycles. The number of hydrogen-bond acceptors (Lipinski definition) is 2. The lowest BCUT2D eigenvalue weighted by atomic mass is 9.95. The molecule has 0 radical (unpaired) electrons. The van der Waals surface area contributed by atoms with Crippen molar-refractivity contribution in [1.29, 1.82) is 0 Å². The first-order valence-corrected chi connectivity index (χ1v) is 6.75. The topological polar surface area (TPSA) is 73.4 Å². The van der Waals surface area contributed by atoms with E-state index in [4.69, 9.17) is 0 Å². The fraction of sp³-hybridized carbons (Fsp3) is 0.250. The van der Waals surface area contributed by atoms with Crippen molar-refractivity contribution in [2.24, 2.45) is 0 Å². The highest BCUT2D eigenvalue weighted by molar-refractivity contribution is 5.93. The third kappa shape index (κ3) is 2.67. The number of anilines is 1. The summed E-state index contributed by atoms with van der Waals surface area (Å²) in [5.74, 6) is 0. The first-order valence-electron chi connectivity index (χ1n) is 6.75. The molecule has 1 aromatic heterocycles. The number of nitrogens with one attached hydrogen (secondary N) is 1. The third-order valence-corrected chi connectivity index (χ3v) is 3.55. The molecule has 0 aliphatic heterocycles. The van der Waals surface area contributed by atoms with Crippen LogP contribution in [0.4, 0.5) is 10.5 Å². The second-order valence-corrected chi connectivity index (χ2v) is 4.84. The fourth-order valence-corrected chi connectivity index (χ4v) is 2.52. The predicted molar refractivity (Wildman–Crippen MR) is 83.0 cm³/mol. The second-order valence-electron chi connectivity index (χ2n) is 4.84. The van der Waals surface area contributed by atoms with Gasteiger partial charge >= 0.3 is 6.09 Å². The van der Waals surface area contributed by atoms with Gasteiger partial charge in [0.05, 0.1) is 0 Å². The maximum absolute atomic E-state index is 12.3. The van der Waals surface area contributed by atoms with Gasteiger partial charge in [-0.2, -0.15) is 0 Å². The van der Waals surface area contributed by atoms with E-state index in [-0.39, 0.29) is 5.69 Å². The lowest BCUT2D eigenvalue weighted by Crippen LogP contribution is -2.31. The van der Waals surface area contributed by atoms with Crippen LogP contribution in [0.2, 0.25) is 0 Å². The number of H-pyrrole nitrogens is 1. The molecule has 2 rings (SSSR count).